The second kappa shape index (κ2) is 6.29. The quantitative estimate of drug-likeness (QED) is 0.514. The highest BCUT2D eigenvalue weighted by Gasteiger charge is 2.29. The number of hydrogen-bond acceptors (Lipinski definition) is 2. The van der Waals surface area contributed by atoms with Crippen molar-refractivity contribution in [2.45, 2.75) is 46.8 Å². The molecule has 0 radical (unpaired) electrons. The average molecular weight is 212 g/mol. The van der Waals surface area contributed by atoms with Crippen LogP contribution in [0.2, 0.25) is 0 Å². The van der Waals surface area contributed by atoms with Crippen LogP contribution in [-0.4, -0.2) is 19.5 Å². The van der Waals surface area contributed by atoms with Crippen molar-refractivity contribution >= 4 is 0 Å². The van der Waals surface area contributed by atoms with Crippen molar-refractivity contribution in [2.75, 3.05) is 13.2 Å². The predicted octanol–water partition coefficient (Wildman–Crippen LogP) is 3.38. The summed E-state index contributed by atoms with van der Waals surface area (Å²) in [5, 5.41) is 0. The Morgan fingerprint density at radius 2 is 1.93 bits per heavy atom. The first-order chi connectivity index (χ1) is 7.19. The summed E-state index contributed by atoms with van der Waals surface area (Å²) in [5.74, 6) is 1.09. The first kappa shape index (κ1) is 12.7. The fourth-order valence-electron chi connectivity index (χ4n) is 2.32. The van der Waals surface area contributed by atoms with Crippen molar-refractivity contribution in [3.05, 3.63) is 11.6 Å². The second-order valence-corrected chi connectivity index (χ2v) is 4.35. The molecule has 2 nitrogen and oxygen atoms in total. The molecule has 2 atom stereocenters. The standard InChI is InChI=1S/C13H24O2/c1-5-14-13(15-6-2)12-8-7-10(3)9-11(12)4/h9,11-13H,5-8H2,1-4H3/t11-,12+/m1/s1. The van der Waals surface area contributed by atoms with Crippen LogP contribution < -0.4 is 0 Å². The van der Waals surface area contributed by atoms with Gasteiger partial charge in [0.15, 0.2) is 6.29 Å². The first-order valence-corrected chi connectivity index (χ1v) is 6.09. The zero-order chi connectivity index (χ0) is 11.3. The molecule has 1 rings (SSSR count). The Bertz CT molecular complexity index is 205. The van der Waals surface area contributed by atoms with Gasteiger partial charge in [-0.25, -0.2) is 0 Å². The molecule has 0 fully saturated rings. The number of ether oxygens (including phenoxy) is 2. The first-order valence-electron chi connectivity index (χ1n) is 6.09. The fourth-order valence-corrected chi connectivity index (χ4v) is 2.32. The molecule has 0 unspecified atom stereocenters. The third-order valence-corrected chi connectivity index (χ3v) is 3.11. The van der Waals surface area contributed by atoms with E-state index in [1.807, 2.05) is 13.8 Å². The lowest BCUT2D eigenvalue weighted by molar-refractivity contribution is -0.175. The molecule has 0 saturated heterocycles. The molecule has 2 heteroatoms. The van der Waals surface area contributed by atoms with E-state index < -0.39 is 0 Å². The van der Waals surface area contributed by atoms with Crippen LogP contribution in [0.1, 0.15) is 40.5 Å². The number of allylic oxidation sites excluding steroid dienone is 2. The molecule has 0 aromatic carbocycles. The van der Waals surface area contributed by atoms with Gasteiger partial charge in [-0.05, 0) is 39.5 Å². The number of hydrogen-bond donors (Lipinski definition) is 0. The molecule has 0 amide bonds. The van der Waals surface area contributed by atoms with E-state index in [1.165, 1.54) is 18.4 Å². The summed E-state index contributed by atoms with van der Waals surface area (Å²) in [5.41, 5.74) is 1.51. The van der Waals surface area contributed by atoms with Crippen LogP contribution in [0.15, 0.2) is 11.6 Å². The zero-order valence-electron chi connectivity index (χ0n) is 10.5. The lowest BCUT2D eigenvalue weighted by atomic mass is 9.81. The summed E-state index contributed by atoms with van der Waals surface area (Å²) in [6.07, 6.45) is 4.72. The lowest BCUT2D eigenvalue weighted by Crippen LogP contribution is -2.33. The van der Waals surface area contributed by atoms with Crippen molar-refractivity contribution in [3.8, 4) is 0 Å². The SMILES string of the molecule is CCOC(OCC)[C@H]1CCC(C)=C[C@H]1C. The molecule has 1 aliphatic rings. The van der Waals surface area contributed by atoms with Gasteiger partial charge in [0.1, 0.15) is 0 Å². The maximum atomic E-state index is 5.68. The molecule has 1 aliphatic carbocycles. The van der Waals surface area contributed by atoms with Gasteiger partial charge in [0.05, 0.1) is 0 Å². The maximum absolute atomic E-state index is 5.68. The van der Waals surface area contributed by atoms with E-state index in [-0.39, 0.29) is 6.29 Å². The zero-order valence-corrected chi connectivity index (χ0v) is 10.5. The predicted molar refractivity (Wildman–Crippen MR) is 62.7 cm³/mol. The molecular formula is C13H24O2. The molecule has 0 heterocycles. The van der Waals surface area contributed by atoms with Gasteiger partial charge in [-0.15, -0.1) is 0 Å². The minimum atomic E-state index is -0.0145. The van der Waals surface area contributed by atoms with Gasteiger partial charge in [0.25, 0.3) is 0 Å². The Morgan fingerprint density at radius 3 is 2.40 bits per heavy atom. The van der Waals surface area contributed by atoms with Crippen LogP contribution in [0.4, 0.5) is 0 Å². The number of rotatable bonds is 5. The van der Waals surface area contributed by atoms with Crippen LogP contribution in [-0.2, 0) is 9.47 Å². The van der Waals surface area contributed by atoms with Crippen molar-refractivity contribution in [2.24, 2.45) is 11.8 Å². The Kier molecular flexibility index (Phi) is 5.34. The van der Waals surface area contributed by atoms with E-state index in [0.29, 0.717) is 11.8 Å². The molecule has 15 heavy (non-hydrogen) atoms. The van der Waals surface area contributed by atoms with E-state index in [2.05, 4.69) is 19.9 Å². The highest BCUT2D eigenvalue weighted by Crippen LogP contribution is 2.32. The van der Waals surface area contributed by atoms with E-state index in [9.17, 15) is 0 Å². The van der Waals surface area contributed by atoms with Crippen molar-refractivity contribution in [1.29, 1.82) is 0 Å². The minimum Gasteiger partial charge on any atom is -0.353 e. The largest absolute Gasteiger partial charge is 0.353 e. The van der Waals surface area contributed by atoms with Crippen LogP contribution in [0, 0.1) is 11.8 Å². The Balaban J connectivity index is 2.59. The summed E-state index contributed by atoms with van der Waals surface area (Å²) in [4.78, 5) is 0. The van der Waals surface area contributed by atoms with Crippen molar-refractivity contribution in [3.63, 3.8) is 0 Å². The van der Waals surface area contributed by atoms with Gasteiger partial charge in [0, 0.05) is 19.1 Å². The van der Waals surface area contributed by atoms with Gasteiger partial charge in [-0.1, -0.05) is 18.6 Å². The summed E-state index contributed by atoms with van der Waals surface area (Å²) >= 11 is 0. The van der Waals surface area contributed by atoms with Gasteiger partial charge in [-0.2, -0.15) is 0 Å². The minimum absolute atomic E-state index is 0.0145. The summed E-state index contributed by atoms with van der Waals surface area (Å²) in [6.45, 7) is 10.00. The molecule has 0 aliphatic heterocycles. The molecule has 0 spiro atoms. The monoisotopic (exact) mass is 212 g/mol. The lowest BCUT2D eigenvalue weighted by Gasteiger charge is -2.33. The third kappa shape index (κ3) is 3.62. The maximum Gasteiger partial charge on any atom is 0.160 e. The Hall–Kier alpha value is -0.340. The van der Waals surface area contributed by atoms with Gasteiger partial charge < -0.3 is 9.47 Å². The fraction of sp³-hybridized carbons (Fsp3) is 0.846. The Morgan fingerprint density at radius 1 is 1.33 bits per heavy atom. The van der Waals surface area contributed by atoms with E-state index in [4.69, 9.17) is 9.47 Å². The average Bonchev–Trinajstić information content (AvgIpc) is 2.17. The molecule has 0 N–H and O–H groups in total. The van der Waals surface area contributed by atoms with Crippen molar-refractivity contribution in [1.82, 2.24) is 0 Å². The highest BCUT2D eigenvalue weighted by molar-refractivity contribution is 5.06. The molecular weight excluding hydrogens is 188 g/mol. The van der Waals surface area contributed by atoms with E-state index in [1.54, 1.807) is 0 Å². The third-order valence-electron chi connectivity index (χ3n) is 3.11. The van der Waals surface area contributed by atoms with E-state index in [0.717, 1.165) is 13.2 Å². The van der Waals surface area contributed by atoms with E-state index >= 15 is 0 Å². The molecule has 0 saturated carbocycles. The van der Waals surface area contributed by atoms with Crippen LogP contribution in [0.3, 0.4) is 0 Å². The summed E-state index contributed by atoms with van der Waals surface area (Å²) in [6, 6.07) is 0. The topological polar surface area (TPSA) is 18.5 Å². The Labute approximate surface area is 93.7 Å². The van der Waals surface area contributed by atoms with Crippen LogP contribution in [0.5, 0.6) is 0 Å². The normalized spacial score (nSPS) is 26.9. The van der Waals surface area contributed by atoms with Crippen LogP contribution in [0.25, 0.3) is 0 Å². The second-order valence-electron chi connectivity index (χ2n) is 4.35. The molecule has 0 bridgehead atoms. The molecule has 0 aromatic rings. The van der Waals surface area contributed by atoms with Gasteiger partial charge >= 0.3 is 0 Å². The van der Waals surface area contributed by atoms with Gasteiger partial charge in [-0.3, -0.25) is 0 Å². The van der Waals surface area contributed by atoms with Crippen molar-refractivity contribution < 1.29 is 9.47 Å². The summed E-state index contributed by atoms with van der Waals surface area (Å²) in [7, 11) is 0. The summed E-state index contributed by atoms with van der Waals surface area (Å²) < 4.78 is 11.4. The highest BCUT2D eigenvalue weighted by atomic mass is 16.7. The molecule has 88 valence electrons. The molecule has 0 aromatic heterocycles. The van der Waals surface area contributed by atoms with Crippen LogP contribution >= 0.6 is 0 Å². The van der Waals surface area contributed by atoms with Gasteiger partial charge in [0.2, 0.25) is 0 Å². The smallest absolute Gasteiger partial charge is 0.160 e.